The fourth-order valence-corrected chi connectivity index (χ4v) is 6.56. The van der Waals surface area contributed by atoms with Crippen LogP contribution in [0.3, 0.4) is 0 Å². The van der Waals surface area contributed by atoms with Gasteiger partial charge in [-0.2, -0.15) is 0 Å². The highest BCUT2D eigenvalue weighted by Crippen LogP contribution is 2.41. The summed E-state index contributed by atoms with van der Waals surface area (Å²) in [4.78, 5) is 56.5. The Morgan fingerprint density at radius 2 is 1.72 bits per heavy atom. The van der Waals surface area contributed by atoms with Crippen LogP contribution < -0.4 is 10.4 Å². The Hall–Kier alpha value is -4.08. The largest absolute Gasteiger partial charge is 0.497 e. The van der Waals surface area contributed by atoms with Crippen LogP contribution in [0.4, 0.5) is 4.79 Å². The van der Waals surface area contributed by atoms with E-state index in [2.05, 4.69) is 0 Å². The summed E-state index contributed by atoms with van der Waals surface area (Å²) in [5, 5.41) is 0. The van der Waals surface area contributed by atoms with E-state index in [1.807, 2.05) is 65.0 Å². The van der Waals surface area contributed by atoms with Gasteiger partial charge in [-0.15, -0.1) is 0 Å². The molecule has 0 saturated carbocycles. The van der Waals surface area contributed by atoms with E-state index in [0.717, 1.165) is 16.6 Å². The first-order chi connectivity index (χ1) is 20.2. The Bertz CT molecular complexity index is 1610. The molecule has 2 aliphatic rings. The van der Waals surface area contributed by atoms with Crippen LogP contribution in [0.1, 0.15) is 83.4 Å². The minimum absolute atomic E-state index is 0.0917. The molecule has 10 heteroatoms. The molecule has 230 valence electrons. The van der Waals surface area contributed by atoms with Crippen LogP contribution >= 0.6 is 0 Å². The second-order valence-corrected chi connectivity index (χ2v) is 13.3. The number of nitrogens with zero attached hydrogens (tertiary/aromatic N) is 4. The lowest BCUT2D eigenvalue weighted by Crippen LogP contribution is -2.53. The van der Waals surface area contributed by atoms with Gasteiger partial charge in [-0.05, 0) is 89.1 Å². The standard InChI is InChI=1S/C33H42N4O6/c1-32(2,3)43-31(41)36-18-17-22(19-33(36,4)5)24-9-8-10-25-28(24)34(6)30(40)37(25)26-15-16-27(38)35(29(26)39)20-21-11-13-23(42-7)14-12-21/h8-14,22,26H,15-20H2,1-7H3/t22-,26?/m1/s1. The van der Waals surface area contributed by atoms with Gasteiger partial charge in [-0.3, -0.25) is 23.6 Å². The number of carbonyl (C=O) groups is 3. The lowest BCUT2D eigenvalue weighted by atomic mass is 9.79. The normalized spacial score (nSPS) is 20.9. The smallest absolute Gasteiger partial charge is 0.410 e. The molecular weight excluding hydrogens is 548 g/mol. The number of aryl methyl sites for hydroxylation is 1. The van der Waals surface area contributed by atoms with Gasteiger partial charge in [-0.25, -0.2) is 9.59 Å². The number of carbonyl (C=O) groups excluding carboxylic acids is 3. The van der Waals surface area contributed by atoms with Crippen LogP contribution in [-0.4, -0.2) is 61.6 Å². The second-order valence-electron chi connectivity index (χ2n) is 13.3. The quantitative estimate of drug-likeness (QED) is 0.382. The Morgan fingerprint density at radius 1 is 1.02 bits per heavy atom. The third-order valence-corrected chi connectivity index (χ3v) is 8.66. The molecule has 1 unspecified atom stereocenters. The number of hydrogen-bond acceptors (Lipinski definition) is 6. The molecule has 5 rings (SSSR count). The summed E-state index contributed by atoms with van der Waals surface area (Å²) in [7, 11) is 3.32. The van der Waals surface area contributed by atoms with Gasteiger partial charge < -0.3 is 14.4 Å². The summed E-state index contributed by atoms with van der Waals surface area (Å²) < 4.78 is 14.1. The highest BCUT2D eigenvalue weighted by Gasteiger charge is 2.42. The van der Waals surface area contributed by atoms with Gasteiger partial charge in [0.2, 0.25) is 5.91 Å². The van der Waals surface area contributed by atoms with Crippen molar-refractivity contribution in [1.29, 1.82) is 0 Å². The summed E-state index contributed by atoms with van der Waals surface area (Å²) in [5.41, 5.74) is 1.95. The molecule has 1 aromatic heterocycles. The number of imidazole rings is 1. The molecule has 2 atom stereocenters. The van der Waals surface area contributed by atoms with Crippen molar-refractivity contribution >= 4 is 28.9 Å². The van der Waals surface area contributed by atoms with Crippen molar-refractivity contribution in [1.82, 2.24) is 18.9 Å². The van der Waals surface area contributed by atoms with E-state index in [1.165, 1.54) is 4.90 Å². The molecule has 3 amide bonds. The van der Waals surface area contributed by atoms with Crippen molar-refractivity contribution in [2.24, 2.45) is 7.05 Å². The zero-order chi connectivity index (χ0) is 31.3. The zero-order valence-corrected chi connectivity index (χ0v) is 26.2. The first-order valence-corrected chi connectivity index (χ1v) is 14.9. The van der Waals surface area contributed by atoms with Crippen molar-refractivity contribution in [3.05, 3.63) is 64.1 Å². The van der Waals surface area contributed by atoms with Gasteiger partial charge in [0.25, 0.3) is 5.91 Å². The van der Waals surface area contributed by atoms with Crippen LogP contribution in [0.25, 0.3) is 11.0 Å². The van der Waals surface area contributed by atoms with Gasteiger partial charge in [0.15, 0.2) is 0 Å². The monoisotopic (exact) mass is 590 g/mol. The number of amides is 3. The minimum Gasteiger partial charge on any atom is -0.497 e. The summed E-state index contributed by atoms with van der Waals surface area (Å²) in [6, 6.07) is 12.3. The number of rotatable bonds is 5. The Morgan fingerprint density at radius 3 is 2.35 bits per heavy atom. The molecule has 2 fully saturated rings. The van der Waals surface area contributed by atoms with Crippen LogP contribution in [0.15, 0.2) is 47.3 Å². The molecule has 0 N–H and O–H groups in total. The molecule has 2 aliphatic heterocycles. The molecule has 0 radical (unpaired) electrons. The van der Waals surface area contributed by atoms with Gasteiger partial charge >= 0.3 is 11.8 Å². The predicted octanol–water partition coefficient (Wildman–Crippen LogP) is 5.13. The first-order valence-electron chi connectivity index (χ1n) is 14.9. The molecule has 0 bridgehead atoms. The van der Waals surface area contributed by atoms with Gasteiger partial charge in [0.1, 0.15) is 17.4 Å². The third-order valence-electron chi connectivity index (χ3n) is 8.66. The van der Waals surface area contributed by atoms with E-state index in [0.29, 0.717) is 30.7 Å². The third kappa shape index (κ3) is 5.79. The van der Waals surface area contributed by atoms with Crippen LogP contribution in [0, 0.1) is 0 Å². The van der Waals surface area contributed by atoms with Crippen molar-refractivity contribution in [2.45, 2.75) is 89.9 Å². The maximum atomic E-state index is 13.8. The van der Waals surface area contributed by atoms with E-state index >= 15 is 0 Å². The Labute approximate surface area is 252 Å². The predicted molar refractivity (Wildman–Crippen MR) is 163 cm³/mol. The number of methoxy groups -OCH3 is 1. The molecule has 0 spiro atoms. The lowest BCUT2D eigenvalue weighted by molar-refractivity contribution is -0.151. The molecule has 3 heterocycles. The SMILES string of the molecule is COc1ccc(CN2C(=O)CCC(n3c(=O)n(C)c4c([C@@H]5CCN(C(=O)OC(C)(C)C)C(C)(C)C5)cccc43)C2=O)cc1. The van der Waals surface area contributed by atoms with Crippen LogP contribution in [-0.2, 0) is 27.9 Å². The topological polar surface area (TPSA) is 103 Å². The molecule has 0 aliphatic carbocycles. The molecule has 43 heavy (non-hydrogen) atoms. The minimum atomic E-state index is -0.784. The summed E-state index contributed by atoms with van der Waals surface area (Å²) in [6.07, 6.45) is 1.52. The first kappa shape index (κ1) is 30.4. The number of fused-ring (bicyclic) bond motifs is 1. The number of para-hydroxylation sites is 1. The van der Waals surface area contributed by atoms with E-state index in [4.69, 9.17) is 9.47 Å². The number of likely N-dealkylation sites (tertiary alicyclic amines) is 2. The Kier molecular flexibility index (Phi) is 7.92. The van der Waals surface area contributed by atoms with Crippen molar-refractivity contribution in [3.8, 4) is 5.75 Å². The van der Waals surface area contributed by atoms with Crippen molar-refractivity contribution < 1.29 is 23.9 Å². The average Bonchev–Trinajstić information content (AvgIpc) is 3.19. The number of imide groups is 1. The summed E-state index contributed by atoms with van der Waals surface area (Å²) >= 11 is 0. The van der Waals surface area contributed by atoms with E-state index < -0.39 is 17.2 Å². The van der Waals surface area contributed by atoms with Crippen LogP contribution in [0.5, 0.6) is 5.75 Å². The van der Waals surface area contributed by atoms with E-state index in [1.54, 1.807) is 40.3 Å². The number of benzene rings is 2. The highest BCUT2D eigenvalue weighted by molar-refractivity contribution is 6.00. The number of piperidine rings is 2. The molecule has 2 saturated heterocycles. The van der Waals surface area contributed by atoms with Crippen molar-refractivity contribution in [2.75, 3.05) is 13.7 Å². The lowest BCUT2D eigenvalue weighted by Gasteiger charge is -2.45. The fourth-order valence-electron chi connectivity index (χ4n) is 6.56. The molecular formula is C33H42N4O6. The van der Waals surface area contributed by atoms with E-state index in [9.17, 15) is 19.2 Å². The number of aromatic nitrogens is 2. The maximum absolute atomic E-state index is 13.8. The second kappa shape index (κ2) is 11.2. The molecule has 2 aromatic carbocycles. The van der Waals surface area contributed by atoms with E-state index in [-0.39, 0.29) is 48.9 Å². The van der Waals surface area contributed by atoms with Gasteiger partial charge in [-0.1, -0.05) is 24.3 Å². The fraction of sp³-hybridized carbons (Fsp3) is 0.515. The summed E-state index contributed by atoms with van der Waals surface area (Å²) in [6.45, 7) is 10.3. The molecule has 10 nitrogen and oxygen atoms in total. The van der Waals surface area contributed by atoms with Gasteiger partial charge in [0.05, 0.1) is 24.7 Å². The highest BCUT2D eigenvalue weighted by atomic mass is 16.6. The Balaban J connectivity index is 1.45. The number of ether oxygens (including phenoxy) is 2. The van der Waals surface area contributed by atoms with Gasteiger partial charge in [0, 0.05) is 25.6 Å². The summed E-state index contributed by atoms with van der Waals surface area (Å²) in [5.74, 6) is 0.160. The average molecular weight is 591 g/mol. The number of hydrogen-bond donors (Lipinski definition) is 0. The van der Waals surface area contributed by atoms with Crippen LogP contribution in [0.2, 0.25) is 0 Å². The molecule has 3 aromatic rings. The van der Waals surface area contributed by atoms with Crippen molar-refractivity contribution in [3.63, 3.8) is 0 Å². The maximum Gasteiger partial charge on any atom is 0.410 e. The zero-order valence-electron chi connectivity index (χ0n) is 26.2.